The molecular weight excluding hydrogens is 300 g/mol. The molecule has 3 rings (SSSR count). The zero-order chi connectivity index (χ0) is 16.8. The molecule has 2 N–H and O–H groups in total. The van der Waals surface area contributed by atoms with Gasteiger partial charge in [0.2, 0.25) is 0 Å². The number of phenolic OH excluding ortho intramolecular Hbond substituents is 1. The zero-order valence-electron chi connectivity index (χ0n) is 14.1. The normalized spacial score (nSPS) is 20.5. The molecule has 4 heteroatoms. The maximum Gasteiger partial charge on any atom is 0.166 e. The fourth-order valence-corrected chi connectivity index (χ4v) is 3.18. The molecule has 2 aromatic rings. The van der Waals surface area contributed by atoms with Crippen molar-refractivity contribution < 1.29 is 14.7 Å². The first-order valence-electron chi connectivity index (χ1n) is 8.61. The van der Waals surface area contributed by atoms with Crippen molar-refractivity contribution >= 4 is 6.21 Å². The maximum absolute atomic E-state index is 10.2. The van der Waals surface area contributed by atoms with E-state index in [2.05, 4.69) is 35.3 Å². The lowest BCUT2D eigenvalue weighted by Crippen LogP contribution is -3.09. The van der Waals surface area contributed by atoms with E-state index in [0.29, 0.717) is 18.4 Å². The van der Waals surface area contributed by atoms with Crippen molar-refractivity contribution in [1.29, 1.82) is 0 Å². The van der Waals surface area contributed by atoms with Crippen LogP contribution in [-0.4, -0.2) is 37.1 Å². The highest BCUT2D eigenvalue weighted by Gasteiger charge is 2.25. The molecule has 0 spiro atoms. The fourth-order valence-electron chi connectivity index (χ4n) is 3.18. The summed E-state index contributed by atoms with van der Waals surface area (Å²) in [5.41, 5.74) is 2.09. The van der Waals surface area contributed by atoms with Gasteiger partial charge in [0.15, 0.2) is 11.5 Å². The number of aromatic hydroxyl groups is 1. The summed E-state index contributed by atoms with van der Waals surface area (Å²) in [6.45, 7) is 5.68. The molecular formula is C20H25N2O2+. The summed E-state index contributed by atoms with van der Waals surface area (Å²) in [5.74, 6) is 0.693. The van der Waals surface area contributed by atoms with Gasteiger partial charge in [0, 0.05) is 23.8 Å². The second kappa shape index (κ2) is 7.97. The fraction of sp³-hybridized carbons (Fsp3) is 0.350. The second-order valence-corrected chi connectivity index (χ2v) is 6.21. The van der Waals surface area contributed by atoms with Crippen LogP contribution in [0.2, 0.25) is 0 Å². The summed E-state index contributed by atoms with van der Waals surface area (Å²) in [5, 5.41) is 10.2. The standard InChI is InChI=1S/C20H24N2O2/c1-2-24-19-10-6-9-17(20(19)23)13-21-18-11-12-22(15-18)14-16-7-4-3-5-8-16/h3-10,13,18,23H,2,11-12,14-15H2,1H3/p+1/t18-/m1/s1. The van der Waals surface area contributed by atoms with Crippen LogP contribution in [0, 0.1) is 0 Å². The molecule has 24 heavy (non-hydrogen) atoms. The van der Waals surface area contributed by atoms with Crippen molar-refractivity contribution in [1.82, 2.24) is 0 Å². The van der Waals surface area contributed by atoms with E-state index in [9.17, 15) is 5.11 Å². The lowest BCUT2D eigenvalue weighted by Gasteiger charge is -2.12. The lowest BCUT2D eigenvalue weighted by molar-refractivity contribution is -0.901. The Morgan fingerprint density at radius 3 is 2.83 bits per heavy atom. The third-order valence-electron chi connectivity index (χ3n) is 4.41. The summed E-state index contributed by atoms with van der Waals surface area (Å²) in [6.07, 6.45) is 2.87. The topological polar surface area (TPSA) is 46.3 Å². The molecule has 0 radical (unpaired) electrons. The number of nitrogens with zero attached hydrogens (tertiary/aromatic N) is 1. The molecule has 1 aliphatic heterocycles. The van der Waals surface area contributed by atoms with Crippen molar-refractivity contribution in [3.63, 3.8) is 0 Å². The van der Waals surface area contributed by atoms with E-state index >= 15 is 0 Å². The van der Waals surface area contributed by atoms with Gasteiger partial charge in [-0.1, -0.05) is 36.4 Å². The molecule has 1 saturated heterocycles. The number of ether oxygens (including phenoxy) is 1. The molecule has 4 nitrogen and oxygen atoms in total. The number of hydrogen-bond acceptors (Lipinski definition) is 3. The van der Waals surface area contributed by atoms with Crippen LogP contribution in [0.1, 0.15) is 24.5 Å². The van der Waals surface area contributed by atoms with E-state index < -0.39 is 0 Å². The Kier molecular flexibility index (Phi) is 5.49. The number of nitrogens with one attached hydrogen (secondary N) is 1. The summed E-state index contributed by atoms with van der Waals surface area (Å²) in [7, 11) is 0. The molecule has 0 amide bonds. The average molecular weight is 325 g/mol. The predicted octanol–water partition coefficient (Wildman–Crippen LogP) is 2.07. The monoisotopic (exact) mass is 325 g/mol. The van der Waals surface area contributed by atoms with Gasteiger partial charge >= 0.3 is 0 Å². The van der Waals surface area contributed by atoms with Crippen LogP contribution >= 0.6 is 0 Å². The van der Waals surface area contributed by atoms with Gasteiger partial charge in [0.25, 0.3) is 0 Å². The Balaban J connectivity index is 1.59. The van der Waals surface area contributed by atoms with E-state index in [1.54, 1.807) is 17.2 Å². The molecule has 1 unspecified atom stereocenters. The van der Waals surface area contributed by atoms with Crippen molar-refractivity contribution in [2.24, 2.45) is 4.99 Å². The second-order valence-electron chi connectivity index (χ2n) is 6.21. The first kappa shape index (κ1) is 16.5. The Hall–Kier alpha value is -2.33. The number of likely N-dealkylation sites (tertiary alicyclic amines) is 1. The molecule has 1 fully saturated rings. The van der Waals surface area contributed by atoms with Gasteiger partial charge < -0.3 is 14.7 Å². The first-order valence-corrected chi connectivity index (χ1v) is 8.61. The predicted molar refractivity (Wildman–Crippen MR) is 96.1 cm³/mol. The molecule has 2 atom stereocenters. The van der Waals surface area contributed by atoms with Crippen LogP contribution < -0.4 is 9.64 Å². The number of para-hydroxylation sites is 1. The van der Waals surface area contributed by atoms with Crippen molar-refractivity contribution in [3.05, 3.63) is 59.7 Å². The number of hydrogen-bond donors (Lipinski definition) is 2. The van der Waals surface area contributed by atoms with Gasteiger partial charge in [-0.25, -0.2) is 0 Å². The van der Waals surface area contributed by atoms with Crippen molar-refractivity contribution in [3.8, 4) is 11.5 Å². The van der Waals surface area contributed by atoms with Gasteiger partial charge in [0.05, 0.1) is 13.2 Å². The molecule has 0 saturated carbocycles. The summed E-state index contributed by atoms with van der Waals surface area (Å²) in [4.78, 5) is 6.25. The van der Waals surface area contributed by atoms with E-state index in [4.69, 9.17) is 4.74 Å². The molecule has 2 aromatic carbocycles. The number of rotatable bonds is 6. The van der Waals surface area contributed by atoms with Crippen LogP contribution in [-0.2, 0) is 6.54 Å². The van der Waals surface area contributed by atoms with Gasteiger partial charge in [0.1, 0.15) is 19.1 Å². The number of benzene rings is 2. The lowest BCUT2D eigenvalue weighted by atomic mass is 10.2. The third-order valence-corrected chi connectivity index (χ3v) is 4.41. The third kappa shape index (κ3) is 4.15. The van der Waals surface area contributed by atoms with Crippen LogP contribution in [0.5, 0.6) is 11.5 Å². The van der Waals surface area contributed by atoms with Gasteiger partial charge in [-0.15, -0.1) is 0 Å². The first-order chi connectivity index (χ1) is 11.8. The SMILES string of the molecule is CCOc1cccc(C=N[C@@H]2CC[NH+](Cc3ccccc3)C2)c1O. The largest absolute Gasteiger partial charge is 0.504 e. The number of quaternary nitrogens is 1. The average Bonchev–Trinajstić information content (AvgIpc) is 3.04. The highest BCUT2D eigenvalue weighted by molar-refractivity contribution is 5.84. The zero-order valence-corrected chi connectivity index (χ0v) is 14.1. The van der Waals surface area contributed by atoms with Crippen molar-refractivity contribution in [2.45, 2.75) is 25.9 Å². The molecule has 0 aromatic heterocycles. The molecule has 1 aliphatic rings. The quantitative estimate of drug-likeness (QED) is 0.799. The highest BCUT2D eigenvalue weighted by atomic mass is 16.5. The minimum Gasteiger partial charge on any atom is -0.504 e. The van der Waals surface area contributed by atoms with E-state index in [-0.39, 0.29) is 5.75 Å². The van der Waals surface area contributed by atoms with Gasteiger partial charge in [-0.3, -0.25) is 4.99 Å². The Bertz CT molecular complexity index is 685. The van der Waals surface area contributed by atoms with Crippen LogP contribution in [0.4, 0.5) is 0 Å². The summed E-state index contributed by atoms with van der Waals surface area (Å²) < 4.78 is 5.42. The molecule has 0 aliphatic carbocycles. The minimum absolute atomic E-state index is 0.176. The van der Waals surface area contributed by atoms with Crippen molar-refractivity contribution in [2.75, 3.05) is 19.7 Å². The number of phenols is 1. The van der Waals surface area contributed by atoms with Gasteiger partial charge in [-0.2, -0.15) is 0 Å². The Morgan fingerprint density at radius 1 is 1.21 bits per heavy atom. The minimum atomic E-state index is 0.176. The summed E-state index contributed by atoms with van der Waals surface area (Å²) in [6, 6.07) is 16.4. The highest BCUT2D eigenvalue weighted by Crippen LogP contribution is 2.28. The Morgan fingerprint density at radius 2 is 2.04 bits per heavy atom. The maximum atomic E-state index is 10.2. The van der Waals surface area contributed by atoms with Crippen LogP contribution in [0.3, 0.4) is 0 Å². The van der Waals surface area contributed by atoms with E-state index in [1.807, 2.05) is 19.1 Å². The smallest absolute Gasteiger partial charge is 0.166 e. The van der Waals surface area contributed by atoms with E-state index in [0.717, 1.165) is 31.6 Å². The number of aliphatic imine (C=N–C) groups is 1. The summed E-state index contributed by atoms with van der Waals surface area (Å²) >= 11 is 0. The Labute approximate surface area is 143 Å². The molecule has 126 valence electrons. The van der Waals surface area contributed by atoms with Crippen LogP contribution in [0.25, 0.3) is 0 Å². The van der Waals surface area contributed by atoms with E-state index in [1.165, 1.54) is 5.56 Å². The molecule has 0 bridgehead atoms. The van der Waals surface area contributed by atoms with Gasteiger partial charge in [-0.05, 0) is 19.1 Å². The molecule has 1 heterocycles. The van der Waals surface area contributed by atoms with Crippen LogP contribution in [0.15, 0.2) is 53.5 Å².